The third kappa shape index (κ3) is 2.87. The molecule has 90 valence electrons. The average Bonchev–Trinajstić information content (AvgIpc) is 2.85. The van der Waals surface area contributed by atoms with Crippen molar-refractivity contribution in [3.8, 4) is 0 Å². The molecule has 17 heavy (non-hydrogen) atoms. The van der Waals surface area contributed by atoms with Gasteiger partial charge in [-0.25, -0.2) is 8.42 Å². The number of hydrogen-bond donors (Lipinski definition) is 1. The van der Waals surface area contributed by atoms with Crippen LogP contribution in [0.4, 0.5) is 5.13 Å². The normalized spacial score (nSPS) is 11.4. The van der Waals surface area contributed by atoms with Crippen LogP contribution in [0.25, 0.3) is 0 Å². The van der Waals surface area contributed by atoms with Gasteiger partial charge in [-0.05, 0) is 11.4 Å². The molecule has 0 spiro atoms. The summed E-state index contributed by atoms with van der Waals surface area (Å²) < 4.78 is 25.9. The SMILES string of the molecule is CS(=O)(=O)c1nsc(NC(=O)c2cccs2)n1. The monoisotopic (exact) mass is 289 g/mol. The van der Waals surface area contributed by atoms with E-state index in [0.717, 1.165) is 17.8 Å². The zero-order valence-corrected chi connectivity index (χ0v) is 11.0. The van der Waals surface area contributed by atoms with Gasteiger partial charge in [-0.3, -0.25) is 10.1 Å². The zero-order chi connectivity index (χ0) is 12.5. The topological polar surface area (TPSA) is 89.0 Å². The summed E-state index contributed by atoms with van der Waals surface area (Å²) in [5, 5.41) is 4.16. The van der Waals surface area contributed by atoms with E-state index in [4.69, 9.17) is 0 Å². The second kappa shape index (κ2) is 4.51. The Morgan fingerprint density at radius 2 is 2.24 bits per heavy atom. The van der Waals surface area contributed by atoms with Gasteiger partial charge in [0.05, 0.1) is 4.88 Å². The van der Waals surface area contributed by atoms with Crippen molar-refractivity contribution in [3.63, 3.8) is 0 Å². The standard InChI is InChI=1S/C8H7N3O3S3/c1-17(13,14)8-10-7(16-11-8)9-6(12)5-3-2-4-15-5/h2-4H,1H3,(H,9,10,11,12). The van der Waals surface area contributed by atoms with E-state index < -0.39 is 9.84 Å². The van der Waals surface area contributed by atoms with E-state index in [-0.39, 0.29) is 16.2 Å². The summed E-state index contributed by atoms with van der Waals surface area (Å²) in [7, 11) is -3.43. The first-order valence-corrected chi connectivity index (χ1v) is 7.90. The van der Waals surface area contributed by atoms with Crippen LogP contribution in [0.1, 0.15) is 9.67 Å². The molecule has 1 N–H and O–H groups in total. The highest BCUT2D eigenvalue weighted by Crippen LogP contribution is 2.17. The number of nitrogens with one attached hydrogen (secondary N) is 1. The first-order chi connectivity index (χ1) is 7.97. The molecule has 9 heteroatoms. The van der Waals surface area contributed by atoms with Crippen LogP contribution in [0.5, 0.6) is 0 Å². The molecule has 2 aromatic heterocycles. The van der Waals surface area contributed by atoms with Gasteiger partial charge in [0, 0.05) is 17.8 Å². The number of aromatic nitrogens is 2. The van der Waals surface area contributed by atoms with Gasteiger partial charge in [0.1, 0.15) is 0 Å². The van der Waals surface area contributed by atoms with Crippen LogP contribution in [0.15, 0.2) is 22.7 Å². The van der Waals surface area contributed by atoms with Crippen LogP contribution in [0, 0.1) is 0 Å². The minimum Gasteiger partial charge on any atom is -0.296 e. The quantitative estimate of drug-likeness (QED) is 0.918. The number of hydrogen-bond acceptors (Lipinski definition) is 7. The van der Waals surface area contributed by atoms with Crippen LogP contribution in [-0.4, -0.2) is 29.9 Å². The zero-order valence-electron chi connectivity index (χ0n) is 8.58. The lowest BCUT2D eigenvalue weighted by Gasteiger charge is -1.96. The van der Waals surface area contributed by atoms with Gasteiger partial charge in [-0.2, -0.15) is 9.36 Å². The largest absolute Gasteiger partial charge is 0.296 e. The summed E-state index contributed by atoms with van der Waals surface area (Å²) in [6, 6.07) is 3.42. The van der Waals surface area contributed by atoms with Gasteiger partial charge in [-0.1, -0.05) is 6.07 Å². The van der Waals surface area contributed by atoms with E-state index in [9.17, 15) is 13.2 Å². The molecule has 0 atom stereocenters. The Morgan fingerprint density at radius 3 is 2.76 bits per heavy atom. The maximum Gasteiger partial charge on any atom is 0.267 e. The van der Waals surface area contributed by atoms with Crippen molar-refractivity contribution in [3.05, 3.63) is 22.4 Å². The van der Waals surface area contributed by atoms with Crippen LogP contribution in [0.2, 0.25) is 0 Å². The number of amides is 1. The Hall–Kier alpha value is -1.32. The van der Waals surface area contributed by atoms with E-state index in [0.29, 0.717) is 4.88 Å². The predicted octanol–water partition coefficient (Wildman–Crippen LogP) is 1.26. The van der Waals surface area contributed by atoms with Gasteiger partial charge >= 0.3 is 0 Å². The molecule has 6 nitrogen and oxygen atoms in total. The minimum absolute atomic E-state index is 0.170. The molecule has 0 unspecified atom stereocenters. The van der Waals surface area contributed by atoms with E-state index in [1.807, 2.05) is 0 Å². The Kier molecular flexibility index (Phi) is 3.22. The molecular formula is C8H7N3O3S3. The molecule has 0 radical (unpaired) electrons. The number of carbonyl (C=O) groups excluding carboxylic acids is 1. The maximum atomic E-state index is 11.6. The van der Waals surface area contributed by atoms with Gasteiger partial charge in [0.2, 0.25) is 15.0 Å². The number of rotatable bonds is 3. The maximum absolute atomic E-state index is 11.6. The molecule has 0 aliphatic rings. The van der Waals surface area contributed by atoms with Crippen LogP contribution < -0.4 is 5.32 Å². The third-order valence-corrected chi connectivity index (χ3v) is 4.17. The van der Waals surface area contributed by atoms with E-state index in [2.05, 4.69) is 14.7 Å². The highest BCUT2D eigenvalue weighted by molar-refractivity contribution is 7.90. The molecule has 0 saturated carbocycles. The van der Waals surface area contributed by atoms with Crippen LogP contribution in [0.3, 0.4) is 0 Å². The number of carbonyl (C=O) groups is 1. The first-order valence-electron chi connectivity index (χ1n) is 4.35. The lowest BCUT2D eigenvalue weighted by atomic mass is 10.4. The number of nitrogens with zero attached hydrogens (tertiary/aromatic N) is 2. The van der Waals surface area contributed by atoms with Crippen molar-refractivity contribution in [2.75, 3.05) is 11.6 Å². The smallest absolute Gasteiger partial charge is 0.267 e. The molecule has 0 aliphatic heterocycles. The van der Waals surface area contributed by atoms with Gasteiger partial charge in [0.25, 0.3) is 11.1 Å². The predicted molar refractivity (Wildman–Crippen MR) is 65.3 cm³/mol. The lowest BCUT2D eigenvalue weighted by Crippen LogP contribution is -2.10. The fourth-order valence-electron chi connectivity index (χ4n) is 0.978. The molecule has 0 bridgehead atoms. The molecule has 0 fully saturated rings. The molecule has 1 amide bonds. The summed E-state index contributed by atoms with van der Waals surface area (Å²) in [6.07, 6.45) is 1.01. The van der Waals surface area contributed by atoms with E-state index in [1.165, 1.54) is 11.3 Å². The highest BCUT2D eigenvalue weighted by Gasteiger charge is 2.16. The molecule has 0 aromatic carbocycles. The summed E-state index contributed by atoms with van der Waals surface area (Å²) in [5.74, 6) is -0.323. The van der Waals surface area contributed by atoms with Crippen molar-refractivity contribution in [1.82, 2.24) is 9.36 Å². The number of sulfone groups is 1. The van der Waals surface area contributed by atoms with Gasteiger partial charge in [0.15, 0.2) is 0 Å². The van der Waals surface area contributed by atoms with Crippen molar-refractivity contribution in [2.24, 2.45) is 0 Å². The third-order valence-electron chi connectivity index (χ3n) is 1.70. The summed E-state index contributed by atoms with van der Waals surface area (Å²) in [6.45, 7) is 0. The van der Waals surface area contributed by atoms with Crippen LogP contribution >= 0.6 is 22.9 Å². The Bertz CT molecular complexity index is 630. The average molecular weight is 289 g/mol. The van der Waals surface area contributed by atoms with Gasteiger partial charge < -0.3 is 0 Å². The lowest BCUT2D eigenvalue weighted by molar-refractivity contribution is 0.103. The second-order valence-electron chi connectivity index (χ2n) is 3.09. The van der Waals surface area contributed by atoms with Crippen molar-refractivity contribution in [1.29, 1.82) is 0 Å². The number of thiophene rings is 1. The van der Waals surface area contributed by atoms with Gasteiger partial charge in [-0.15, -0.1) is 11.3 Å². The summed E-state index contributed by atoms with van der Waals surface area (Å²) >= 11 is 2.12. The fraction of sp³-hybridized carbons (Fsp3) is 0.125. The molecule has 2 heterocycles. The molecule has 0 saturated heterocycles. The molecule has 2 rings (SSSR count). The molecule has 2 aromatic rings. The number of anilines is 1. The molecule has 0 aliphatic carbocycles. The minimum atomic E-state index is -3.43. The highest BCUT2D eigenvalue weighted by atomic mass is 32.2. The Balaban J connectivity index is 2.15. The van der Waals surface area contributed by atoms with Crippen molar-refractivity contribution >= 4 is 43.7 Å². The fourth-order valence-corrected chi connectivity index (χ4v) is 3.04. The van der Waals surface area contributed by atoms with E-state index in [1.54, 1.807) is 17.5 Å². The first kappa shape index (κ1) is 12.1. The Morgan fingerprint density at radius 1 is 1.47 bits per heavy atom. The second-order valence-corrected chi connectivity index (χ2v) is 6.69. The van der Waals surface area contributed by atoms with Crippen molar-refractivity contribution in [2.45, 2.75) is 5.16 Å². The van der Waals surface area contributed by atoms with Crippen molar-refractivity contribution < 1.29 is 13.2 Å². The van der Waals surface area contributed by atoms with Crippen LogP contribution in [-0.2, 0) is 9.84 Å². The summed E-state index contributed by atoms with van der Waals surface area (Å²) in [4.78, 5) is 15.9. The Labute approximate surface area is 105 Å². The van der Waals surface area contributed by atoms with E-state index >= 15 is 0 Å². The summed E-state index contributed by atoms with van der Waals surface area (Å²) in [5.41, 5.74) is 0. The molecular weight excluding hydrogens is 282 g/mol.